The first kappa shape index (κ1) is 13.5. The molecule has 2 fully saturated rings. The number of nitrogens with zero attached hydrogens (tertiary/aromatic N) is 2. The summed E-state index contributed by atoms with van der Waals surface area (Å²) in [5.74, 6) is 2.20. The van der Waals surface area contributed by atoms with E-state index in [-0.39, 0.29) is 0 Å². The van der Waals surface area contributed by atoms with Crippen LogP contribution in [-0.4, -0.2) is 39.7 Å². The van der Waals surface area contributed by atoms with Gasteiger partial charge < -0.3 is 9.84 Å². The molecule has 19 heavy (non-hydrogen) atoms. The molecular formula is C14H23N3OS. The molecule has 4 nitrogen and oxygen atoms in total. The zero-order valence-corrected chi connectivity index (χ0v) is 12.6. The second-order valence-electron chi connectivity index (χ2n) is 6.26. The molecule has 0 amide bonds. The fraction of sp³-hybridized carbons (Fsp3) is 0.786. The summed E-state index contributed by atoms with van der Waals surface area (Å²) in [4.78, 5) is 2.47. The lowest BCUT2D eigenvalue weighted by Crippen LogP contribution is -2.42. The maximum atomic E-state index is 5.45. The smallest absolute Gasteiger partial charge is 0.151 e. The Balaban J connectivity index is 1.51. The minimum absolute atomic E-state index is 0.356. The first-order chi connectivity index (χ1) is 9.11. The minimum atomic E-state index is 0.356. The van der Waals surface area contributed by atoms with Gasteiger partial charge in [0.1, 0.15) is 0 Å². The highest BCUT2D eigenvalue weighted by molar-refractivity contribution is 8.00. The number of hydrogen-bond donors (Lipinski definition) is 1. The molecule has 1 aromatic rings. The normalized spacial score (nSPS) is 23.7. The van der Waals surface area contributed by atoms with Crippen LogP contribution < -0.4 is 5.32 Å². The van der Waals surface area contributed by atoms with Gasteiger partial charge in [-0.25, -0.2) is 0 Å². The molecule has 3 rings (SSSR count). The Labute approximate surface area is 119 Å². The molecule has 2 aliphatic rings. The first-order valence-corrected chi connectivity index (χ1v) is 8.13. The molecule has 1 N–H and O–H groups in total. The molecular weight excluding hydrogens is 258 g/mol. The van der Waals surface area contributed by atoms with Gasteiger partial charge in [-0.1, -0.05) is 5.16 Å². The minimum Gasteiger partial charge on any atom is -0.360 e. The number of aromatic nitrogens is 1. The van der Waals surface area contributed by atoms with Gasteiger partial charge in [-0.3, -0.25) is 4.90 Å². The van der Waals surface area contributed by atoms with Crippen LogP contribution in [0.5, 0.6) is 0 Å². The Hall–Kier alpha value is -0.520. The second kappa shape index (κ2) is 5.46. The van der Waals surface area contributed by atoms with Gasteiger partial charge in [0.2, 0.25) is 0 Å². The van der Waals surface area contributed by atoms with Crippen LogP contribution in [0.2, 0.25) is 0 Å². The summed E-state index contributed by atoms with van der Waals surface area (Å²) >= 11 is 2.06. The van der Waals surface area contributed by atoms with Crippen LogP contribution in [0.15, 0.2) is 10.6 Å². The van der Waals surface area contributed by atoms with Crippen molar-refractivity contribution in [3.8, 4) is 0 Å². The van der Waals surface area contributed by atoms with Crippen molar-refractivity contribution in [3.05, 3.63) is 17.5 Å². The van der Waals surface area contributed by atoms with E-state index in [1.807, 2.05) is 0 Å². The van der Waals surface area contributed by atoms with Crippen LogP contribution in [0.3, 0.4) is 0 Å². The van der Waals surface area contributed by atoms with Crippen molar-refractivity contribution in [3.63, 3.8) is 0 Å². The first-order valence-electron chi connectivity index (χ1n) is 7.15. The van der Waals surface area contributed by atoms with Crippen LogP contribution in [0.4, 0.5) is 0 Å². The molecule has 0 spiro atoms. The van der Waals surface area contributed by atoms with Crippen LogP contribution >= 0.6 is 11.8 Å². The predicted octanol–water partition coefficient (Wildman–Crippen LogP) is 2.25. The van der Waals surface area contributed by atoms with Gasteiger partial charge in [0.25, 0.3) is 0 Å². The lowest BCUT2D eigenvalue weighted by molar-refractivity contribution is 0.221. The molecule has 0 unspecified atom stereocenters. The maximum Gasteiger partial charge on any atom is 0.151 e. The Morgan fingerprint density at radius 3 is 3.11 bits per heavy atom. The highest BCUT2D eigenvalue weighted by atomic mass is 32.2. The van der Waals surface area contributed by atoms with Crippen molar-refractivity contribution in [1.82, 2.24) is 15.4 Å². The molecule has 0 radical (unpaired) electrons. The fourth-order valence-electron chi connectivity index (χ4n) is 2.52. The summed E-state index contributed by atoms with van der Waals surface area (Å²) < 4.78 is 5.81. The quantitative estimate of drug-likeness (QED) is 0.896. The summed E-state index contributed by atoms with van der Waals surface area (Å²) in [6, 6.07) is 2.82. The molecule has 1 aliphatic carbocycles. The Morgan fingerprint density at radius 1 is 1.53 bits per heavy atom. The SMILES string of the molecule is CC1(C)CN(Cc2cc(CNC3CC3)no2)CCS1. The van der Waals surface area contributed by atoms with Gasteiger partial charge in [0.15, 0.2) is 5.76 Å². The molecule has 1 saturated heterocycles. The number of thioether (sulfide) groups is 1. The van der Waals surface area contributed by atoms with E-state index in [1.54, 1.807) is 0 Å². The zero-order valence-electron chi connectivity index (χ0n) is 11.8. The Bertz CT molecular complexity index is 428. The van der Waals surface area contributed by atoms with Gasteiger partial charge in [-0.05, 0) is 26.7 Å². The van der Waals surface area contributed by atoms with Gasteiger partial charge in [-0.2, -0.15) is 11.8 Å². The zero-order chi connectivity index (χ0) is 13.3. The number of nitrogens with one attached hydrogen (secondary N) is 1. The summed E-state index contributed by atoms with van der Waals surface area (Å²) in [5, 5.41) is 7.61. The average Bonchev–Trinajstić information content (AvgIpc) is 3.06. The highest BCUT2D eigenvalue weighted by Gasteiger charge is 2.27. The highest BCUT2D eigenvalue weighted by Crippen LogP contribution is 2.30. The molecule has 1 aromatic heterocycles. The van der Waals surface area contributed by atoms with Crippen LogP contribution in [0, 0.1) is 0 Å². The van der Waals surface area contributed by atoms with E-state index < -0.39 is 0 Å². The lowest BCUT2D eigenvalue weighted by Gasteiger charge is -2.36. The molecule has 2 heterocycles. The average molecular weight is 281 g/mol. The summed E-state index contributed by atoms with van der Waals surface area (Å²) in [5.41, 5.74) is 1.03. The van der Waals surface area contributed by atoms with Crippen molar-refractivity contribution in [2.24, 2.45) is 0 Å². The Kier molecular flexibility index (Phi) is 3.87. The summed E-state index contributed by atoms with van der Waals surface area (Å²) in [7, 11) is 0. The van der Waals surface area contributed by atoms with Crippen molar-refractivity contribution in [2.75, 3.05) is 18.8 Å². The predicted molar refractivity (Wildman–Crippen MR) is 78.2 cm³/mol. The topological polar surface area (TPSA) is 41.3 Å². The Morgan fingerprint density at radius 2 is 2.37 bits per heavy atom. The standard InChI is InChI=1S/C14H23N3OS/c1-14(2)10-17(5-6-19-14)9-13-7-12(16-18-13)8-15-11-3-4-11/h7,11,15H,3-6,8-10H2,1-2H3. The van der Waals surface area contributed by atoms with Crippen molar-refractivity contribution in [2.45, 2.75) is 50.6 Å². The largest absolute Gasteiger partial charge is 0.360 e. The summed E-state index contributed by atoms with van der Waals surface area (Å²) in [6.07, 6.45) is 2.62. The fourth-order valence-corrected chi connectivity index (χ4v) is 3.70. The van der Waals surface area contributed by atoms with Gasteiger partial charge in [0, 0.05) is 42.2 Å². The van der Waals surface area contributed by atoms with Crippen molar-refractivity contribution in [1.29, 1.82) is 0 Å². The summed E-state index contributed by atoms with van der Waals surface area (Å²) in [6.45, 7) is 8.62. The number of hydrogen-bond acceptors (Lipinski definition) is 5. The number of rotatable bonds is 5. The lowest BCUT2D eigenvalue weighted by atomic mass is 10.2. The monoisotopic (exact) mass is 281 g/mol. The molecule has 106 valence electrons. The molecule has 1 aliphatic heterocycles. The van der Waals surface area contributed by atoms with Crippen molar-refractivity contribution >= 4 is 11.8 Å². The van der Waals surface area contributed by atoms with Gasteiger partial charge in [0.05, 0.1) is 12.2 Å². The molecule has 1 saturated carbocycles. The molecule has 0 bridgehead atoms. The van der Waals surface area contributed by atoms with E-state index in [1.165, 1.54) is 18.6 Å². The van der Waals surface area contributed by atoms with Crippen LogP contribution in [-0.2, 0) is 13.1 Å². The molecule has 0 atom stereocenters. The van der Waals surface area contributed by atoms with E-state index in [2.05, 4.69) is 47.0 Å². The maximum absolute atomic E-state index is 5.45. The van der Waals surface area contributed by atoms with Crippen LogP contribution in [0.1, 0.15) is 38.1 Å². The van der Waals surface area contributed by atoms with E-state index in [9.17, 15) is 0 Å². The third-order valence-electron chi connectivity index (χ3n) is 3.64. The third kappa shape index (κ3) is 3.97. The van der Waals surface area contributed by atoms with Gasteiger partial charge in [-0.15, -0.1) is 0 Å². The van der Waals surface area contributed by atoms with Crippen LogP contribution in [0.25, 0.3) is 0 Å². The second-order valence-corrected chi connectivity index (χ2v) is 8.06. The van der Waals surface area contributed by atoms with E-state index in [0.717, 1.165) is 43.7 Å². The molecule has 5 heteroatoms. The van der Waals surface area contributed by atoms with E-state index in [0.29, 0.717) is 4.75 Å². The molecule has 0 aromatic carbocycles. The van der Waals surface area contributed by atoms with Gasteiger partial charge >= 0.3 is 0 Å². The van der Waals surface area contributed by atoms with Crippen molar-refractivity contribution < 1.29 is 4.52 Å². The van der Waals surface area contributed by atoms with E-state index in [4.69, 9.17) is 4.52 Å². The van der Waals surface area contributed by atoms with E-state index >= 15 is 0 Å². The third-order valence-corrected chi connectivity index (χ3v) is 4.94.